The Morgan fingerprint density at radius 2 is 1.95 bits per heavy atom. The van der Waals surface area contributed by atoms with Crippen molar-refractivity contribution in [2.75, 3.05) is 13.1 Å². The number of furan rings is 1. The summed E-state index contributed by atoms with van der Waals surface area (Å²) in [4.78, 5) is 11.4. The van der Waals surface area contributed by atoms with Crippen molar-refractivity contribution in [2.24, 2.45) is 0 Å². The average Bonchev–Trinajstić information content (AvgIpc) is 2.79. The van der Waals surface area contributed by atoms with Crippen molar-refractivity contribution < 1.29 is 13.9 Å². The highest BCUT2D eigenvalue weighted by Crippen LogP contribution is 2.08. The van der Waals surface area contributed by atoms with Gasteiger partial charge in [-0.1, -0.05) is 6.92 Å². The van der Waals surface area contributed by atoms with Crippen LogP contribution in [0.15, 0.2) is 16.5 Å². The summed E-state index contributed by atoms with van der Waals surface area (Å²) in [7, 11) is 0. The molecule has 0 aromatic carbocycles. The van der Waals surface area contributed by atoms with E-state index in [-0.39, 0.29) is 6.09 Å². The van der Waals surface area contributed by atoms with Crippen LogP contribution in [0.2, 0.25) is 0 Å². The quantitative estimate of drug-likeness (QED) is 0.755. The van der Waals surface area contributed by atoms with E-state index in [1.165, 1.54) is 0 Å². The first kappa shape index (κ1) is 16.6. The second-order valence-electron chi connectivity index (χ2n) is 5.68. The molecule has 0 bridgehead atoms. The fourth-order valence-electron chi connectivity index (χ4n) is 1.64. The van der Waals surface area contributed by atoms with E-state index in [0.29, 0.717) is 13.1 Å². The number of carbonyl (C=O) groups is 1. The molecule has 1 aromatic rings. The maximum atomic E-state index is 11.4. The molecule has 0 atom stereocenters. The molecule has 1 amide bonds. The highest BCUT2D eigenvalue weighted by atomic mass is 16.6. The van der Waals surface area contributed by atoms with Crippen LogP contribution < -0.4 is 10.6 Å². The number of ether oxygens (including phenoxy) is 1. The minimum Gasteiger partial charge on any atom is -0.465 e. The van der Waals surface area contributed by atoms with Crippen LogP contribution in [-0.2, 0) is 17.7 Å². The van der Waals surface area contributed by atoms with Crippen molar-refractivity contribution in [3.05, 3.63) is 23.7 Å². The monoisotopic (exact) mass is 282 g/mol. The molecule has 5 nitrogen and oxygen atoms in total. The van der Waals surface area contributed by atoms with Crippen molar-refractivity contribution in [2.45, 2.75) is 52.7 Å². The molecule has 2 N–H and O–H groups in total. The van der Waals surface area contributed by atoms with Crippen LogP contribution >= 0.6 is 0 Å². The third-order valence-electron chi connectivity index (χ3n) is 2.56. The Kier molecular flexibility index (Phi) is 6.58. The van der Waals surface area contributed by atoms with Gasteiger partial charge in [-0.25, -0.2) is 4.79 Å². The first-order valence-corrected chi connectivity index (χ1v) is 7.16. The fourth-order valence-corrected chi connectivity index (χ4v) is 1.64. The topological polar surface area (TPSA) is 63.5 Å². The number of aryl methyl sites for hydroxylation is 1. The molecule has 0 aliphatic rings. The van der Waals surface area contributed by atoms with Gasteiger partial charge in [-0.15, -0.1) is 0 Å². The van der Waals surface area contributed by atoms with Gasteiger partial charge in [0.05, 0.1) is 6.54 Å². The molecule has 1 rings (SSSR count). The van der Waals surface area contributed by atoms with Gasteiger partial charge >= 0.3 is 6.09 Å². The Morgan fingerprint density at radius 3 is 2.55 bits per heavy atom. The normalized spacial score (nSPS) is 11.4. The van der Waals surface area contributed by atoms with Crippen LogP contribution in [0, 0.1) is 0 Å². The van der Waals surface area contributed by atoms with E-state index in [4.69, 9.17) is 9.15 Å². The van der Waals surface area contributed by atoms with Crippen LogP contribution in [0.4, 0.5) is 4.79 Å². The molecule has 0 aliphatic heterocycles. The number of nitrogens with one attached hydrogen (secondary N) is 2. The molecule has 0 unspecified atom stereocenters. The van der Waals surface area contributed by atoms with Crippen LogP contribution in [0.25, 0.3) is 0 Å². The largest absolute Gasteiger partial charge is 0.465 e. The van der Waals surface area contributed by atoms with Crippen LogP contribution in [0.5, 0.6) is 0 Å². The molecule has 0 fully saturated rings. The van der Waals surface area contributed by atoms with Gasteiger partial charge < -0.3 is 19.8 Å². The number of hydrogen-bond donors (Lipinski definition) is 2. The van der Waals surface area contributed by atoms with Crippen LogP contribution in [0.1, 0.15) is 45.6 Å². The predicted molar refractivity (Wildman–Crippen MR) is 78.6 cm³/mol. The second-order valence-corrected chi connectivity index (χ2v) is 5.68. The average molecular weight is 282 g/mol. The Morgan fingerprint density at radius 1 is 1.25 bits per heavy atom. The summed E-state index contributed by atoms with van der Waals surface area (Å²) in [6.45, 7) is 9.75. The van der Waals surface area contributed by atoms with Gasteiger partial charge in [0.25, 0.3) is 0 Å². The molecule has 0 saturated heterocycles. The Hall–Kier alpha value is -1.49. The highest BCUT2D eigenvalue weighted by Gasteiger charge is 2.15. The first-order valence-electron chi connectivity index (χ1n) is 7.16. The summed E-state index contributed by atoms with van der Waals surface area (Å²) < 4.78 is 10.7. The predicted octanol–water partition coefficient (Wildman–Crippen LogP) is 2.85. The maximum absolute atomic E-state index is 11.4. The third-order valence-corrected chi connectivity index (χ3v) is 2.56. The third kappa shape index (κ3) is 7.19. The van der Waals surface area contributed by atoms with E-state index < -0.39 is 5.60 Å². The van der Waals surface area contributed by atoms with Crippen molar-refractivity contribution in [1.82, 2.24) is 10.6 Å². The summed E-state index contributed by atoms with van der Waals surface area (Å²) >= 11 is 0. The minimum atomic E-state index is -0.446. The van der Waals surface area contributed by atoms with Crippen LogP contribution in [-0.4, -0.2) is 24.8 Å². The summed E-state index contributed by atoms with van der Waals surface area (Å²) in [5.74, 6) is 1.95. The zero-order valence-electron chi connectivity index (χ0n) is 12.9. The Balaban J connectivity index is 2.03. The fraction of sp³-hybridized carbons (Fsp3) is 0.667. The number of hydrogen-bond acceptors (Lipinski definition) is 4. The van der Waals surface area contributed by atoms with Gasteiger partial charge in [-0.3, -0.25) is 0 Å². The molecule has 114 valence electrons. The molecule has 1 heterocycles. The second kappa shape index (κ2) is 7.94. The molecule has 1 aromatic heterocycles. The lowest BCUT2D eigenvalue weighted by atomic mass is 10.2. The molecule has 5 heteroatoms. The summed E-state index contributed by atoms with van der Waals surface area (Å²) in [5, 5.41) is 6.00. The lowest BCUT2D eigenvalue weighted by Crippen LogP contribution is -2.33. The molecule has 0 radical (unpaired) electrons. The molecule has 20 heavy (non-hydrogen) atoms. The Labute approximate surface area is 121 Å². The van der Waals surface area contributed by atoms with E-state index in [9.17, 15) is 4.79 Å². The van der Waals surface area contributed by atoms with E-state index in [1.807, 2.05) is 32.9 Å². The van der Waals surface area contributed by atoms with Crippen LogP contribution in [0.3, 0.4) is 0 Å². The molecular weight excluding hydrogens is 256 g/mol. The molecule has 0 aliphatic carbocycles. The minimum absolute atomic E-state index is 0.365. The van der Waals surface area contributed by atoms with Gasteiger partial charge in [-0.05, 0) is 45.9 Å². The van der Waals surface area contributed by atoms with E-state index >= 15 is 0 Å². The summed E-state index contributed by atoms with van der Waals surface area (Å²) in [6, 6.07) is 3.99. The smallest absolute Gasteiger partial charge is 0.407 e. The first-order chi connectivity index (χ1) is 9.40. The van der Waals surface area contributed by atoms with Gasteiger partial charge in [0, 0.05) is 13.0 Å². The van der Waals surface area contributed by atoms with Gasteiger partial charge in [-0.2, -0.15) is 0 Å². The van der Waals surface area contributed by atoms with Crippen molar-refractivity contribution >= 4 is 6.09 Å². The molecule has 0 saturated carbocycles. The zero-order chi connectivity index (χ0) is 15.0. The summed E-state index contributed by atoms with van der Waals surface area (Å²) in [5.41, 5.74) is -0.446. The SMILES string of the molecule is CCc1ccc(CNCCCNC(=O)OC(C)(C)C)o1. The molecular formula is C15H26N2O3. The highest BCUT2D eigenvalue weighted by molar-refractivity contribution is 5.67. The van der Waals surface area contributed by atoms with E-state index in [0.717, 1.165) is 30.9 Å². The molecule has 0 spiro atoms. The number of rotatable bonds is 7. The zero-order valence-corrected chi connectivity index (χ0v) is 12.9. The van der Waals surface area contributed by atoms with Crippen molar-refractivity contribution in [1.29, 1.82) is 0 Å². The number of carbonyl (C=O) groups excluding carboxylic acids is 1. The lowest BCUT2D eigenvalue weighted by molar-refractivity contribution is 0.0527. The van der Waals surface area contributed by atoms with Crippen molar-refractivity contribution in [3.8, 4) is 0 Å². The van der Waals surface area contributed by atoms with Gasteiger partial charge in [0.1, 0.15) is 17.1 Å². The van der Waals surface area contributed by atoms with E-state index in [1.54, 1.807) is 0 Å². The maximum Gasteiger partial charge on any atom is 0.407 e. The van der Waals surface area contributed by atoms with E-state index in [2.05, 4.69) is 17.6 Å². The van der Waals surface area contributed by atoms with Gasteiger partial charge in [0.15, 0.2) is 0 Å². The standard InChI is InChI=1S/C15H26N2O3/c1-5-12-7-8-13(19-12)11-16-9-6-10-17-14(18)20-15(2,3)4/h7-8,16H,5-6,9-11H2,1-4H3,(H,17,18). The summed E-state index contributed by atoms with van der Waals surface area (Å²) in [6.07, 6.45) is 1.40. The Bertz CT molecular complexity index is 407. The van der Waals surface area contributed by atoms with Crippen molar-refractivity contribution in [3.63, 3.8) is 0 Å². The lowest BCUT2D eigenvalue weighted by Gasteiger charge is -2.19. The number of amides is 1. The number of alkyl carbamates (subject to hydrolysis) is 1. The van der Waals surface area contributed by atoms with Gasteiger partial charge in [0.2, 0.25) is 0 Å².